The van der Waals surface area contributed by atoms with Crippen LogP contribution in [0.1, 0.15) is 47.1 Å². The number of carboxylic acid groups (broad SMARTS) is 2. The Kier molecular flexibility index (Phi) is 9.11. The van der Waals surface area contributed by atoms with Crippen LogP contribution in [-0.2, 0) is 16.0 Å². The van der Waals surface area contributed by atoms with Crippen LogP contribution in [0, 0.1) is 10.1 Å². The number of hydrogen-bond acceptors (Lipinski definition) is 8. The first-order valence-electron chi connectivity index (χ1n) is 9.93. The van der Waals surface area contributed by atoms with Crippen LogP contribution in [0.2, 0.25) is 0 Å². The number of aromatic nitrogens is 2. The molecule has 2 amide bonds. The molecule has 1 aromatic carbocycles. The van der Waals surface area contributed by atoms with Crippen molar-refractivity contribution in [2.75, 3.05) is 0 Å². The molecule has 34 heavy (non-hydrogen) atoms. The predicted octanol–water partition coefficient (Wildman–Crippen LogP) is 4.68. The van der Waals surface area contributed by atoms with E-state index in [0.29, 0.717) is 5.69 Å². The van der Waals surface area contributed by atoms with Crippen molar-refractivity contribution in [1.82, 2.24) is 14.7 Å². The van der Waals surface area contributed by atoms with E-state index in [9.17, 15) is 24.5 Å². The maximum atomic E-state index is 11.0. The second kappa shape index (κ2) is 11.1. The van der Waals surface area contributed by atoms with Crippen molar-refractivity contribution in [3.8, 4) is 5.69 Å². The molecule has 13 nitrogen and oxygen atoms in total. The normalized spacial score (nSPS) is 11.0. The molecule has 2 aromatic rings. The smallest absolute Gasteiger partial charge is 0.465 e. The van der Waals surface area contributed by atoms with Crippen LogP contribution in [0.5, 0.6) is 0 Å². The van der Waals surface area contributed by atoms with Gasteiger partial charge in [0, 0.05) is 30.1 Å². The number of ether oxygens (including phenoxy) is 2. The Labute approximate surface area is 195 Å². The molecular weight excluding hydrogens is 452 g/mol. The van der Waals surface area contributed by atoms with Crippen molar-refractivity contribution in [3.05, 3.63) is 52.3 Å². The van der Waals surface area contributed by atoms with Gasteiger partial charge in [-0.05, 0) is 53.7 Å². The van der Waals surface area contributed by atoms with Gasteiger partial charge in [-0.25, -0.2) is 24.0 Å². The molecule has 0 saturated carbocycles. The van der Waals surface area contributed by atoms with Gasteiger partial charge in [-0.15, -0.1) is 0 Å². The van der Waals surface area contributed by atoms with Gasteiger partial charge in [0.2, 0.25) is 0 Å². The number of non-ortho nitro benzene ring substituents is 1. The third kappa shape index (κ3) is 9.54. The molecule has 2 N–H and O–H groups in total. The summed E-state index contributed by atoms with van der Waals surface area (Å²) in [5, 5.41) is 32.6. The number of amides is 2. The molecule has 0 radical (unpaired) electrons. The Morgan fingerprint density at radius 1 is 1.06 bits per heavy atom. The molecule has 0 fully saturated rings. The van der Waals surface area contributed by atoms with E-state index >= 15 is 0 Å². The highest BCUT2D eigenvalue weighted by Gasteiger charge is 2.24. The van der Waals surface area contributed by atoms with Crippen LogP contribution in [0.25, 0.3) is 5.69 Å². The molecule has 1 heterocycles. The summed E-state index contributed by atoms with van der Waals surface area (Å²) in [5.74, 6) is 0. The van der Waals surface area contributed by atoms with Crippen molar-refractivity contribution in [1.29, 1.82) is 0 Å². The zero-order chi connectivity index (χ0) is 26.3. The monoisotopic (exact) mass is 480 g/mol. The van der Waals surface area contributed by atoms with Gasteiger partial charge in [-0.3, -0.25) is 10.1 Å². The fourth-order valence-corrected chi connectivity index (χ4v) is 2.36. The van der Waals surface area contributed by atoms with Crippen molar-refractivity contribution < 1.29 is 39.0 Å². The maximum absolute atomic E-state index is 11.0. The number of hydrogen-bond donors (Lipinski definition) is 2. The van der Waals surface area contributed by atoms with Crippen molar-refractivity contribution in [2.45, 2.75) is 59.3 Å². The van der Waals surface area contributed by atoms with Gasteiger partial charge in [-0.2, -0.15) is 5.10 Å². The second-order valence-electron chi connectivity index (χ2n) is 8.85. The zero-order valence-corrected chi connectivity index (χ0v) is 19.7. The summed E-state index contributed by atoms with van der Waals surface area (Å²) in [4.78, 5) is 43.3. The van der Waals surface area contributed by atoms with Crippen LogP contribution in [0.15, 0.2) is 36.7 Å². The Morgan fingerprint density at radius 3 is 1.97 bits per heavy atom. The lowest BCUT2D eigenvalue weighted by atomic mass is 10.1. The van der Waals surface area contributed by atoms with Crippen LogP contribution >= 0.6 is 0 Å². The summed E-state index contributed by atoms with van der Waals surface area (Å²) < 4.78 is 11.3. The van der Waals surface area contributed by atoms with Gasteiger partial charge in [0.05, 0.1) is 17.2 Å². The number of carbonyl (C=O) groups excluding carboxylic acids is 1. The summed E-state index contributed by atoms with van der Waals surface area (Å²) in [5.41, 5.74) is -0.752. The molecule has 186 valence electrons. The number of nitro benzene ring substituents is 1. The third-order valence-corrected chi connectivity index (χ3v) is 3.59. The Hall–Kier alpha value is -4.16. The first kappa shape index (κ1) is 27.9. The van der Waals surface area contributed by atoms with Gasteiger partial charge in [0.1, 0.15) is 11.2 Å². The van der Waals surface area contributed by atoms with Crippen LogP contribution in [-0.4, -0.2) is 59.4 Å². The molecule has 1 aromatic heterocycles. The van der Waals surface area contributed by atoms with E-state index < -0.39 is 41.0 Å². The maximum Gasteiger partial charge on any atom is 0.509 e. The first-order chi connectivity index (χ1) is 15.5. The lowest BCUT2D eigenvalue weighted by molar-refractivity contribution is -0.384. The number of imide groups is 1. The third-order valence-electron chi connectivity index (χ3n) is 3.59. The van der Waals surface area contributed by atoms with E-state index in [0.717, 1.165) is 6.07 Å². The minimum Gasteiger partial charge on any atom is -0.465 e. The molecule has 0 aliphatic carbocycles. The molecule has 13 heteroatoms. The molecule has 0 atom stereocenters. The standard InChI is InChI=1S/C12H10N4O6.C9H18O3/c17-11(18)14(12(19)20)7-8-6-9(16(21)22)2-3-10(8)15-5-1-4-13-15;1-8(2,3)11-7(10)12-9(4,5)6/h1-6H,7H2,(H,17,18)(H,19,20);1-6H3. The molecule has 0 aliphatic heterocycles. The summed E-state index contributed by atoms with van der Waals surface area (Å²) >= 11 is 0. The highest BCUT2D eigenvalue weighted by molar-refractivity contribution is 5.85. The highest BCUT2D eigenvalue weighted by atomic mass is 16.7. The average Bonchev–Trinajstić information content (AvgIpc) is 3.17. The SMILES string of the molecule is CC(C)(C)OC(=O)OC(C)(C)C.O=C(O)N(Cc1cc([N+](=O)[O-])ccc1-n1cccn1)C(=O)O. The van der Waals surface area contributed by atoms with Crippen LogP contribution in [0.4, 0.5) is 20.1 Å². The van der Waals surface area contributed by atoms with E-state index in [2.05, 4.69) is 5.10 Å². The molecule has 0 bridgehead atoms. The van der Waals surface area contributed by atoms with Crippen molar-refractivity contribution in [3.63, 3.8) is 0 Å². The Balaban J connectivity index is 0.000000411. The lowest BCUT2D eigenvalue weighted by Crippen LogP contribution is -2.34. The van der Waals surface area contributed by atoms with Gasteiger partial charge in [-0.1, -0.05) is 0 Å². The molecule has 0 aliphatic rings. The molecule has 0 saturated heterocycles. The molecule has 2 rings (SSSR count). The van der Waals surface area contributed by atoms with Crippen molar-refractivity contribution >= 4 is 24.0 Å². The number of rotatable bonds is 4. The average molecular weight is 480 g/mol. The first-order valence-corrected chi connectivity index (χ1v) is 9.93. The van der Waals surface area contributed by atoms with Gasteiger partial charge in [0.25, 0.3) is 5.69 Å². The van der Waals surface area contributed by atoms with Gasteiger partial charge in [0.15, 0.2) is 0 Å². The van der Waals surface area contributed by atoms with E-state index in [-0.39, 0.29) is 16.2 Å². The summed E-state index contributed by atoms with van der Waals surface area (Å²) in [6, 6.07) is 5.34. The topological polar surface area (TPSA) is 174 Å². The lowest BCUT2D eigenvalue weighted by Gasteiger charge is -2.24. The number of benzene rings is 1. The van der Waals surface area contributed by atoms with Crippen LogP contribution < -0.4 is 0 Å². The Bertz CT molecular complexity index is 990. The fourth-order valence-electron chi connectivity index (χ4n) is 2.36. The van der Waals surface area contributed by atoms with E-state index in [1.165, 1.54) is 23.0 Å². The van der Waals surface area contributed by atoms with E-state index in [1.54, 1.807) is 53.8 Å². The number of nitro groups is 1. The molecule has 0 unspecified atom stereocenters. The van der Waals surface area contributed by atoms with Crippen LogP contribution in [0.3, 0.4) is 0 Å². The molecular formula is C21H28N4O9. The number of carbonyl (C=O) groups is 3. The van der Waals surface area contributed by atoms with Crippen molar-refractivity contribution in [2.24, 2.45) is 0 Å². The Morgan fingerprint density at radius 2 is 1.59 bits per heavy atom. The van der Waals surface area contributed by atoms with E-state index in [4.69, 9.17) is 19.7 Å². The molecule has 0 spiro atoms. The predicted molar refractivity (Wildman–Crippen MR) is 119 cm³/mol. The van der Waals surface area contributed by atoms with Gasteiger partial charge < -0.3 is 19.7 Å². The highest BCUT2D eigenvalue weighted by Crippen LogP contribution is 2.22. The number of nitrogens with zero attached hydrogens (tertiary/aromatic N) is 4. The summed E-state index contributed by atoms with van der Waals surface area (Å²) in [6.07, 6.45) is -0.945. The fraction of sp³-hybridized carbons (Fsp3) is 0.429. The minimum atomic E-state index is -1.68. The summed E-state index contributed by atoms with van der Waals surface area (Å²) in [7, 11) is 0. The van der Waals surface area contributed by atoms with E-state index in [1.807, 2.05) is 0 Å². The second-order valence-corrected chi connectivity index (χ2v) is 8.85. The summed E-state index contributed by atoms with van der Waals surface area (Å²) in [6.45, 7) is 10.3. The quantitative estimate of drug-likeness (QED) is 0.355. The van der Waals surface area contributed by atoms with Gasteiger partial charge >= 0.3 is 18.3 Å². The largest absolute Gasteiger partial charge is 0.509 e. The zero-order valence-electron chi connectivity index (χ0n) is 19.7. The minimum absolute atomic E-state index is 0.131.